The van der Waals surface area contributed by atoms with Crippen LogP contribution in [0.5, 0.6) is 11.5 Å². The maximum Gasteiger partial charge on any atom is 0.339 e. The molecule has 17 heteroatoms. The summed E-state index contributed by atoms with van der Waals surface area (Å²) in [6.45, 7) is 3.63. The molecule has 62 heavy (non-hydrogen) atoms. The van der Waals surface area contributed by atoms with E-state index in [4.69, 9.17) is 13.4 Å². The number of imidazole rings is 1. The zero-order valence-corrected chi connectivity index (χ0v) is 35.0. The number of aromatic nitrogens is 5. The molecule has 0 bridgehead atoms. The second kappa shape index (κ2) is 14.2. The summed E-state index contributed by atoms with van der Waals surface area (Å²) in [6.07, 6.45) is 0. The Morgan fingerprint density at radius 1 is 0.548 bits per heavy atom. The van der Waals surface area contributed by atoms with Crippen LogP contribution in [0.15, 0.2) is 154 Å². The minimum absolute atomic E-state index is 0.0304. The van der Waals surface area contributed by atoms with Gasteiger partial charge in [-0.3, -0.25) is 4.55 Å². The fraction of sp³-hybridized carbons (Fsp3) is 0.0444. The van der Waals surface area contributed by atoms with E-state index in [9.17, 15) is 29.8 Å². The quantitative estimate of drug-likeness (QED) is 0.0794. The van der Waals surface area contributed by atoms with E-state index in [0.717, 1.165) is 37.5 Å². The fourth-order valence-corrected chi connectivity index (χ4v) is 9.86. The van der Waals surface area contributed by atoms with Crippen LogP contribution in [0.4, 0.5) is 0 Å². The Morgan fingerprint density at radius 3 is 1.74 bits per heavy atom. The Hall–Kier alpha value is -7.18. The highest BCUT2D eigenvalue weighted by atomic mass is 32.2. The zero-order chi connectivity index (χ0) is 43.1. The molecule has 0 aliphatic carbocycles. The van der Waals surface area contributed by atoms with Gasteiger partial charge in [-0.05, 0) is 78.5 Å². The van der Waals surface area contributed by atoms with Gasteiger partial charge in [-0.1, -0.05) is 96.1 Å². The molecular formula is C45H31N5O9S3. The van der Waals surface area contributed by atoms with Crippen molar-refractivity contribution < 1.29 is 38.2 Å². The first kappa shape index (κ1) is 39.0. The van der Waals surface area contributed by atoms with Gasteiger partial charge in [-0.2, -0.15) is 25.3 Å². The van der Waals surface area contributed by atoms with Gasteiger partial charge in [-0.15, -0.1) is 15.0 Å². The lowest BCUT2D eigenvalue weighted by atomic mass is 10.0. The van der Waals surface area contributed by atoms with Crippen LogP contribution in [0.3, 0.4) is 0 Å². The van der Waals surface area contributed by atoms with E-state index in [0.29, 0.717) is 27.3 Å². The summed E-state index contributed by atoms with van der Waals surface area (Å²) in [5.74, 6) is -0.439. The van der Waals surface area contributed by atoms with Crippen molar-refractivity contribution in [3.05, 3.63) is 151 Å². The van der Waals surface area contributed by atoms with Crippen molar-refractivity contribution in [3.63, 3.8) is 0 Å². The number of aryl methyl sites for hydroxylation is 2. The molecule has 8 aromatic carbocycles. The van der Waals surface area contributed by atoms with Gasteiger partial charge < -0.3 is 13.4 Å². The summed E-state index contributed by atoms with van der Waals surface area (Å²) in [5.41, 5.74) is 3.33. The first-order valence-electron chi connectivity index (χ1n) is 18.9. The molecule has 0 spiro atoms. The van der Waals surface area contributed by atoms with Crippen molar-refractivity contribution in [2.45, 2.75) is 28.5 Å². The van der Waals surface area contributed by atoms with Crippen molar-refractivity contribution in [1.82, 2.24) is 25.0 Å². The molecule has 0 radical (unpaired) electrons. The second-order valence-corrected chi connectivity index (χ2v) is 19.2. The van der Waals surface area contributed by atoms with Gasteiger partial charge in [0.15, 0.2) is 11.5 Å². The van der Waals surface area contributed by atoms with Crippen LogP contribution in [-0.4, -0.2) is 54.8 Å². The number of nitrogens with one attached hydrogen (secondary N) is 1. The number of H-pyrrole nitrogens is 1. The van der Waals surface area contributed by atoms with Crippen molar-refractivity contribution in [2.24, 2.45) is 0 Å². The average Bonchev–Trinajstić information content (AvgIpc) is 3.90. The number of aromatic amines is 1. The molecule has 10 aromatic rings. The van der Waals surface area contributed by atoms with Gasteiger partial charge in [0, 0.05) is 22.2 Å². The molecule has 10 rings (SSSR count). The van der Waals surface area contributed by atoms with Crippen LogP contribution in [0.25, 0.3) is 71.5 Å². The summed E-state index contributed by atoms with van der Waals surface area (Å²) in [5, 5.41) is 13.7. The highest BCUT2D eigenvalue weighted by Gasteiger charge is 2.28. The molecule has 0 fully saturated rings. The Balaban J connectivity index is 1.25. The van der Waals surface area contributed by atoms with Gasteiger partial charge in [0.05, 0.1) is 21.5 Å². The van der Waals surface area contributed by atoms with Crippen LogP contribution in [0.2, 0.25) is 0 Å². The molecule has 0 aliphatic rings. The van der Waals surface area contributed by atoms with E-state index in [1.807, 2.05) is 62.4 Å². The molecular weight excluding hydrogens is 851 g/mol. The Labute approximate surface area is 354 Å². The monoisotopic (exact) mass is 881 g/mol. The molecule has 0 saturated carbocycles. The number of rotatable bonds is 9. The smallest absolute Gasteiger partial charge is 0.339 e. The topological polar surface area (TPSA) is 200 Å². The summed E-state index contributed by atoms with van der Waals surface area (Å²) < 4.78 is 102. The maximum absolute atomic E-state index is 14.1. The first-order chi connectivity index (χ1) is 29.6. The molecule has 0 atom stereocenters. The maximum atomic E-state index is 14.1. The highest BCUT2D eigenvalue weighted by molar-refractivity contribution is 7.87. The molecule has 2 N–H and O–H groups in total. The molecule has 2 heterocycles. The Morgan fingerprint density at radius 2 is 1.11 bits per heavy atom. The van der Waals surface area contributed by atoms with Crippen molar-refractivity contribution in [1.29, 1.82) is 0 Å². The lowest BCUT2D eigenvalue weighted by Gasteiger charge is -2.16. The van der Waals surface area contributed by atoms with Crippen molar-refractivity contribution in [3.8, 4) is 28.6 Å². The Bertz CT molecular complexity index is 3760. The largest absolute Gasteiger partial charge is 0.378 e. The third-order valence-electron chi connectivity index (χ3n) is 10.6. The van der Waals surface area contributed by atoms with Crippen LogP contribution in [0.1, 0.15) is 11.1 Å². The molecule has 0 aliphatic heterocycles. The second-order valence-electron chi connectivity index (χ2n) is 14.7. The van der Waals surface area contributed by atoms with E-state index in [2.05, 4.69) is 15.2 Å². The molecule has 0 amide bonds. The van der Waals surface area contributed by atoms with Gasteiger partial charge in [0.25, 0.3) is 10.1 Å². The van der Waals surface area contributed by atoms with Gasteiger partial charge in [-0.25, -0.2) is 4.98 Å². The van der Waals surface area contributed by atoms with E-state index >= 15 is 0 Å². The first-order valence-corrected chi connectivity index (χ1v) is 23.2. The van der Waals surface area contributed by atoms with E-state index in [-0.39, 0.29) is 48.8 Å². The van der Waals surface area contributed by atoms with E-state index in [1.54, 1.807) is 36.4 Å². The summed E-state index contributed by atoms with van der Waals surface area (Å²) in [6, 6.07) is 37.3. The highest BCUT2D eigenvalue weighted by Crippen LogP contribution is 2.42. The third-order valence-corrected chi connectivity index (χ3v) is 13.9. The predicted molar refractivity (Wildman–Crippen MR) is 234 cm³/mol. The van der Waals surface area contributed by atoms with Crippen molar-refractivity contribution in [2.75, 3.05) is 0 Å². The minimum Gasteiger partial charge on any atom is -0.378 e. The molecule has 308 valence electrons. The summed E-state index contributed by atoms with van der Waals surface area (Å²) in [7, 11) is -13.6. The zero-order valence-electron chi connectivity index (χ0n) is 32.5. The van der Waals surface area contributed by atoms with E-state index in [1.165, 1.54) is 54.6 Å². The number of hydrogen-bond acceptors (Lipinski definition) is 11. The SMILES string of the molecule is Cc1ccc(S(=O)(=O)Oc2cc(-n3nc4ccc5cc(S(=O)(=O)O)ccc5c4n3)c(OS(=O)(=O)c3ccc(C)cc3)cc2-c2nc3c4ccccc4c4ccccc4c3[nH]2)cc1. The lowest BCUT2D eigenvalue weighted by Crippen LogP contribution is -2.14. The van der Waals surface area contributed by atoms with Crippen LogP contribution < -0.4 is 8.37 Å². The molecule has 0 saturated heterocycles. The average molecular weight is 882 g/mol. The van der Waals surface area contributed by atoms with Crippen LogP contribution in [0, 0.1) is 13.8 Å². The van der Waals surface area contributed by atoms with Gasteiger partial charge in [0.1, 0.15) is 32.3 Å². The third kappa shape index (κ3) is 6.76. The fourth-order valence-electron chi connectivity index (χ4n) is 7.47. The normalized spacial score (nSPS) is 12.5. The molecule has 14 nitrogen and oxygen atoms in total. The van der Waals surface area contributed by atoms with Crippen LogP contribution >= 0.6 is 0 Å². The molecule has 2 aromatic heterocycles. The van der Waals surface area contributed by atoms with Gasteiger partial charge >= 0.3 is 20.2 Å². The van der Waals surface area contributed by atoms with E-state index < -0.39 is 30.4 Å². The van der Waals surface area contributed by atoms with Gasteiger partial charge in [0.2, 0.25) is 0 Å². The predicted octanol–water partition coefficient (Wildman–Crippen LogP) is 8.82. The summed E-state index contributed by atoms with van der Waals surface area (Å²) in [4.78, 5) is 8.84. The molecule has 0 unspecified atom stereocenters. The lowest BCUT2D eigenvalue weighted by molar-refractivity contribution is 0.475. The number of fused-ring (bicyclic) bond motifs is 9. The number of hydrogen-bond donors (Lipinski definition) is 2. The number of nitrogens with zero attached hydrogens (tertiary/aromatic N) is 4. The number of benzene rings is 8. The van der Waals surface area contributed by atoms with Crippen molar-refractivity contribution >= 4 is 84.7 Å². The minimum atomic E-state index is -4.56. The standard InChI is InChI=1S/C45H31N5O9S3/c1-26-11-16-29(17-12-26)61(54,55)58-40-25-39(50-48-38-22-15-28-23-31(60(51,52)53)20-21-32(28)42(38)49-50)41(59-62(56,57)30-18-13-27(2)14-19-30)24-37(40)45-46-43-35-9-5-3-7-33(35)34-8-4-6-10-36(34)44(43)47-45/h3-25H,1-2H3,(H,46,47)(H,51,52,53). The summed E-state index contributed by atoms with van der Waals surface area (Å²) >= 11 is 0. The Kier molecular flexibility index (Phi) is 8.93. The van der Waals surface area contributed by atoms with Crippen LogP contribution in [-0.2, 0) is 30.4 Å².